The van der Waals surface area contributed by atoms with E-state index in [0.29, 0.717) is 78.9 Å². The molecular formula is C77H74O14. The summed E-state index contributed by atoms with van der Waals surface area (Å²) in [6.07, 6.45) is 2.80. The Bertz CT molecular complexity index is 4480. The predicted molar refractivity (Wildman–Crippen MR) is 361 cm³/mol. The minimum atomic E-state index is -0.609. The van der Waals surface area contributed by atoms with Gasteiger partial charge in [-0.2, -0.15) is 0 Å². The number of rotatable bonds is 12. The summed E-state index contributed by atoms with van der Waals surface area (Å²) in [7, 11) is 0. The number of fused-ring (bicyclic) bond motifs is 8. The van der Waals surface area contributed by atoms with Crippen LogP contribution in [0.4, 0.5) is 0 Å². The smallest absolute Gasteiger partial charge is 0.316 e. The first kappa shape index (κ1) is 64.9. The number of carbonyl (C=O) groups excluding carboxylic acids is 4. The largest absolute Gasteiger partial charge is 0.507 e. The van der Waals surface area contributed by atoms with Crippen molar-refractivity contribution in [1.29, 1.82) is 0 Å². The van der Waals surface area contributed by atoms with Crippen LogP contribution in [0.25, 0.3) is 86.2 Å². The summed E-state index contributed by atoms with van der Waals surface area (Å²) in [5.41, 5.74) is -0.609. The molecule has 91 heavy (non-hydrogen) atoms. The molecule has 14 heteroatoms. The molecule has 0 amide bonds. The first-order chi connectivity index (χ1) is 43.6. The van der Waals surface area contributed by atoms with Gasteiger partial charge in [0.2, 0.25) is 0 Å². The van der Waals surface area contributed by atoms with Crippen molar-refractivity contribution in [3.8, 4) is 57.5 Å². The first-order valence-corrected chi connectivity index (χ1v) is 30.5. The third-order valence-electron chi connectivity index (χ3n) is 16.9. The summed E-state index contributed by atoms with van der Waals surface area (Å²) < 4.78 is 22.8. The van der Waals surface area contributed by atoms with Crippen LogP contribution in [0.15, 0.2) is 182 Å². The lowest BCUT2D eigenvalue weighted by Crippen LogP contribution is -2.28. The van der Waals surface area contributed by atoms with E-state index < -0.39 is 5.41 Å². The summed E-state index contributed by atoms with van der Waals surface area (Å²) in [4.78, 5) is 49.3. The second-order valence-corrected chi connectivity index (χ2v) is 23.3. The molecule has 0 saturated heterocycles. The molecule has 0 aliphatic rings. The number of carbonyl (C=O) groups is 4. The molecule has 14 nitrogen and oxygen atoms in total. The molecule has 0 fully saturated rings. The Balaban J connectivity index is 0.000000144. The minimum absolute atomic E-state index is 0.161. The Hall–Kier alpha value is -10.6. The molecule has 466 valence electrons. The Morgan fingerprint density at radius 2 is 0.582 bits per heavy atom. The number of esters is 4. The van der Waals surface area contributed by atoms with E-state index in [1.54, 1.807) is 24.3 Å². The average molecular weight is 1220 g/mol. The average Bonchev–Trinajstić information content (AvgIpc) is 0.800. The highest BCUT2D eigenvalue weighted by Gasteiger charge is 2.30. The van der Waals surface area contributed by atoms with Crippen molar-refractivity contribution in [3.63, 3.8) is 0 Å². The molecule has 3 atom stereocenters. The van der Waals surface area contributed by atoms with Crippen molar-refractivity contribution in [2.24, 2.45) is 23.2 Å². The summed E-state index contributed by atoms with van der Waals surface area (Å²) in [6, 6.07) is 54.3. The third-order valence-corrected chi connectivity index (χ3v) is 16.9. The molecule has 0 aliphatic heterocycles. The van der Waals surface area contributed by atoms with Gasteiger partial charge in [0, 0.05) is 75.4 Å². The van der Waals surface area contributed by atoms with E-state index in [1.807, 2.05) is 208 Å². The predicted octanol–water partition coefficient (Wildman–Crippen LogP) is 18.4. The van der Waals surface area contributed by atoms with Gasteiger partial charge in [0.25, 0.3) is 0 Å². The quantitative estimate of drug-likeness (QED) is 0.0290. The van der Waals surface area contributed by atoms with Crippen LogP contribution in [-0.4, -0.2) is 54.5 Å². The molecular weight excluding hydrogens is 1150 g/mol. The summed E-state index contributed by atoms with van der Waals surface area (Å²) in [5.74, 6) is -0.195. The zero-order chi connectivity index (χ0) is 65.4. The maximum atomic E-state index is 12.6. The van der Waals surface area contributed by atoms with E-state index in [1.165, 1.54) is 12.1 Å². The molecule has 0 bridgehead atoms. The lowest BCUT2D eigenvalue weighted by atomic mass is 9.90. The van der Waals surface area contributed by atoms with Gasteiger partial charge in [0.05, 0.1) is 23.2 Å². The normalized spacial score (nSPS) is 12.3. The van der Waals surface area contributed by atoms with E-state index in [0.717, 1.165) is 55.9 Å². The Labute approximate surface area is 527 Å². The zero-order valence-corrected chi connectivity index (χ0v) is 52.3. The van der Waals surface area contributed by atoms with Crippen molar-refractivity contribution in [3.05, 3.63) is 182 Å². The highest BCUT2D eigenvalue weighted by atomic mass is 16.5. The Morgan fingerprint density at radius 3 is 0.879 bits per heavy atom. The number of hydrogen-bond acceptors (Lipinski definition) is 14. The van der Waals surface area contributed by atoms with E-state index in [-0.39, 0.29) is 76.1 Å². The van der Waals surface area contributed by atoms with Crippen molar-refractivity contribution in [2.45, 2.75) is 88.0 Å². The van der Waals surface area contributed by atoms with Crippen molar-refractivity contribution in [2.75, 3.05) is 0 Å². The molecule has 0 saturated carbocycles. The standard InChI is InChI=1S/C20H20O4.C19H18O4.2C19H18O3/c1-4-20(2,3)19(23)24-18-13-8-6-5-7-12(13)11-15-14(18)9-10-16(21)17(15)22;1-3-11(2)19(22)23-18-13-7-5-4-6-12(13)10-15-14(18)8-9-16(20)17(15)21;2*1-3-12(2)19(21)22-18-15-10-6-4-8-13(15)17(20)14-9-5-7-11-16(14)18/h5-11,21-22H,4H2,1-3H3;4-11,20-21H,3H2,1-2H3;2*4-12,20H,3H2,1-2H3. The number of aromatic hydroxyl groups is 6. The molecule has 12 aromatic rings. The number of phenols is 6. The van der Waals surface area contributed by atoms with Crippen LogP contribution < -0.4 is 18.9 Å². The number of benzene rings is 12. The van der Waals surface area contributed by atoms with Crippen LogP contribution >= 0.6 is 0 Å². The highest BCUT2D eigenvalue weighted by molar-refractivity contribution is 6.14. The monoisotopic (exact) mass is 1220 g/mol. The van der Waals surface area contributed by atoms with Gasteiger partial charge in [0.15, 0.2) is 23.0 Å². The first-order valence-electron chi connectivity index (χ1n) is 30.5. The van der Waals surface area contributed by atoms with Gasteiger partial charge in [-0.1, -0.05) is 194 Å². The maximum absolute atomic E-state index is 12.6. The fourth-order valence-corrected chi connectivity index (χ4v) is 10.2. The van der Waals surface area contributed by atoms with Crippen LogP contribution in [0.2, 0.25) is 0 Å². The van der Waals surface area contributed by atoms with Crippen LogP contribution in [0.1, 0.15) is 88.0 Å². The molecule has 0 heterocycles. The number of ether oxygens (including phenoxy) is 4. The molecule has 12 aromatic carbocycles. The topological polar surface area (TPSA) is 227 Å². The van der Waals surface area contributed by atoms with Gasteiger partial charge in [-0.05, 0) is 86.7 Å². The van der Waals surface area contributed by atoms with Crippen LogP contribution in [-0.2, 0) is 19.2 Å². The van der Waals surface area contributed by atoms with Gasteiger partial charge < -0.3 is 49.6 Å². The molecule has 3 unspecified atom stereocenters. The summed E-state index contributed by atoms with van der Waals surface area (Å²) in [5, 5.41) is 71.9. The van der Waals surface area contributed by atoms with Gasteiger partial charge in [-0.25, -0.2) is 0 Å². The Kier molecular flexibility index (Phi) is 19.8. The SMILES string of the molecule is CCC(C)(C)C(=O)Oc1c2ccccc2cc2c(O)c(O)ccc12.CCC(C)C(=O)Oc1c2ccccc2c(O)c2ccccc12.CCC(C)C(=O)Oc1c2ccccc2c(O)c2ccccc12.CCC(C)C(=O)Oc1c2ccccc2cc2c(O)c(O)ccc12. The van der Waals surface area contributed by atoms with Gasteiger partial charge in [0.1, 0.15) is 34.5 Å². The fourth-order valence-electron chi connectivity index (χ4n) is 10.2. The molecule has 0 spiro atoms. The second kappa shape index (κ2) is 27.8. The van der Waals surface area contributed by atoms with Crippen molar-refractivity contribution >= 4 is 110 Å². The Morgan fingerprint density at radius 1 is 0.330 bits per heavy atom. The lowest BCUT2D eigenvalue weighted by Gasteiger charge is -2.21. The molecule has 0 aliphatic carbocycles. The highest BCUT2D eigenvalue weighted by Crippen LogP contribution is 2.47. The number of hydrogen-bond donors (Lipinski definition) is 6. The lowest BCUT2D eigenvalue weighted by molar-refractivity contribution is -0.144. The van der Waals surface area contributed by atoms with E-state index in [9.17, 15) is 49.8 Å². The van der Waals surface area contributed by atoms with Crippen molar-refractivity contribution in [1.82, 2.24) is 0 Å². The fraction of sp³-hybridized carbons (Fsp3) is 0.221. The van der Waals surface area contributed by atoms with Gasteiger partial charge in [-0.15, -0.1) is 0 Å². The van der Waals surface area contributed by atoms with Gasteiger partial charge >= 0.3 is 23.9 Å². The summed E-state index contributed by atoms with van der Waals surface area (Å²) >= 11 is 0. The van der Waals surface area contributed by atoms with Gasteiger partial charge in [-0.3, -0.25) is 19.2 Å². The van der Waals surface area contributed by atoms with E-state index in [4.69, 9.17) is 18.9 Å². The summed E-state index contributed by atoms with van der Waals surface area (Å²) in [6.45, 7) is 17.0. The third kappa shape index (κ3) is 13.4. The zero-order valence-electron chi connectivity index (χ0n) is 52.3. The maximum Gasteiger partial charge on any atom is 0.316 e. The van der Waals surface area contributed by atoms with Crippen LogP contribution in [0.3, 0.4) is 0 Å². The molecule has 0 aromatic heterocycles. The molecule has 12 rings (SSSR count). The van der Waals surface area contributed by atoms with Crippen LogP contribution in [0, 0.1) is 23.2 Å². The minimum Gasteiger partial charge on any atom is -0.507 e. The van der Waals surface area contributed by atoms with E-state index in [2.05, 4.69) is 0 Å². The van der Waals surface area contributed by atoms with E-state index >= 15 is 0 Å². The van der Waals surface area contributed by atoms with Crippen LogP contribution in [0.5, 0.6) is 57.5 Å². The van der Waals surface area contributed by atoms with Crippen molar-refractivity contribution < 1.29 is 68.8 Å². The molecule has 6 N–H and O–H groups in total. The molecule has 0 radical (unpaired) electrons. The second-order valence-electron chi connectivity index (χ2n) is 23.3. The number of phenolic OH excluding ortho intramolecular Hbond substituents is 6.